The van der Waals surface area contributed by atoms with Crippen LogP contribution in [-0.2, 0) is 4.79 Å². The molecule has 0 spiro atoms. The lowest BCUT2D eigenvalue weighted by molar-refractivity contribution is -0.144. The van der Waals surface area contributed by atoms with E-state index in [9.17, 15) is 14.7 Å². The lowest BCUT2D eigenvalue weighted by Crippen LogP contribution is -2.57. The second-order valence-electron chi connectivity index (χ2n) is 5.53. The van der Waals surface area contributed by atoms with Crippen molar-refractivity contribution in [1.82, 2.24) is 10.6 Å². The van der Waals surface area contributed by atoms with E-state index in [4.69, 9.17) is 0 Å². The van der Waals surface area contributed by atoms with E-state index in [1.807, 2.05) is 0 Å². The third-order valence-corrected chi connectivity index (χ3v) is 4.16. The number of hydrogen-bond donors (Lipinski definition) is 3. The van der Waals surface area contributed by atoms with E-state index in [1.165, 1.54) is 6.42 Å². The monoisotopic (exact) mass is 254 g/mol. The Hall–Kier alpha value is -1.26. The molecular formula is C13H22N2O3. The minimum Gasteiger partial charge on any atom is -0.480 e. The maximum atomic E-state index is 11.9. The smallest absolute Gasteiger partial charge is 0.329 e. The average Bonchev–Trinajstić information content (AvgIpc) is 2.80. The summed E-state index contributed by atoms with van der Waals surface area (Å²) in [5.41, 5.74) is -1.03. The molecule has 2 amide bonds. The zero-order valence-electron chi connectivity index (χ0n) is 10.7. The number of carbonyl (C=O) groups excluding carboxylic acids is 1. The van der Waals surface area contributed by atoms with Crippen molar-refractivity contribution in [2.75, 3.05) is 0 Å². The summed E-state index contributed by atoms with van der Waals surface area (Å²) < 4.78 is 0. The number of hydrogen-bond acceptors (Lipinski definition) is 2. The lowest BCUT2D eigenvalue weighted by atomic mass is 9.95. The third kappa shape index (κ3) is 2.94. The van der Waals surface area contributed by atoms with E-state index in [0.29, 0.717) is 12.8 Å². The Bertz CT molecular complexity index is 318. The number of rotatable bonds is 3. The number of amides is 2. The van der Waals surface area contributed by atoms with Crippen molar-refractivity contribution < 1.29 is 14.7 Å². The van der Waals surface area contributed by atoms with Gasteiger partial charge in [-0.05, 0) is 25.7 Å². The fourth-order valence-corrected chi connectivity index (χ4v) is 3.06. The van der Waals surface area contributed by atoms with Gasteiger partial charge in [-0.2, -0.15) is 0 Å². The molecule has 18 heavy (non-hydrogen) atoms. The van der Waals surface area contributed by atoms with Crippen LogP contribution in [0.3, 0.4) is 0 Å². The number of aliphatic carboxylic acids is 1. The summed E-state index contributed by atoms with van der Waals surface area (Å²) in [6.07, 6.45) is 8.37. The van der Waals surface area contributed by atoms with Crippen LogP contribution in [0.4, 0.5) is 4.79 Å². The summed E-state index contributed by atoms with van der Waals surface area (Å²) in [5, 5.41) is 14.9. The summed E-state index contributed by atoms with van der Waals surface area (Å²) in [4.78, 5) is 23.2. The van der Waals surface area contributed by atoms with Gasteiger partial charge in [-0.15, -0.1) is 0 Å². The molecule has 0 aliphatic heterocycles. The van der Waals surface area contributed by atoms with Crippen molar-refractivity contribution in [2.24, 2.45) is 0 Å². The fourth-order valence-electron chi connectivity index (χ4n) is 3.06. The molecule has 0 bridgehead atoms. The van der Waals surface area contributed by atoms with Crippen LogP contribution in [-0.4, -0.2) is 28.7 Å². The molecule has 2 fully saturated rings. The van der Waals surface area contributed by atoms with Gasteiger partial charge in [0, 0.05) is 6.04 Å². The van der Waals surface area contributed by atoms with Crippen molar-refractivity contribution in [1.29, 1.82) is 0 Å². The molecule has 0 unspecified atom stereocenters. The number of urea groups is 1. The standard InChI is InChI=1S/C13H22N2O3/c16-11(17)13(8-4-5-9-13)15-12(18)14-10-6-2-1-3-7-10/h10H,1-9H2,(H,16,17)(H2,14,15,18). The molecule has 0 atom stereocenters. The summed E-state index contributed by atoms with van der Waals surface area (Å²) in [6, 6.07) is -0.0998. The van der Waals surface area contributed by atoms with E-state index in [2.05, 4.69) is 10.6 Å². The van der Waals surface area contributed by atoms with Crippen LogP contribution >= 0.6 is 0 Å². The van der Waals surface area contributed by atoms with Gasteiger partial charge in [0.25, 0.3) is 0 Å². The first-order valence-electron chi connectivity index (χ1n) is 6.94. The van der Waals surface area contributed by atoms with Gasteiger partial charge < -0.3 is 15.7 Å². The SMILES string of the molecule is O=C(NC1CCCCC1)NC1(C(=O)O)CCCC1. The molecule has 2 rings (SSSR count). The topological polar surface area (TPSA) is 78.4 Å². The van der Waals surface area contributed by atoms with Gasteiger partial charge in [0.15, 0.2) is 0 Å². The number of nitrogens with one attached hydrogen (secondary N) is 2. The second kappa shape index (κ2) is 5.59. The molecule has 102 valence electrons. The van der Waals surface area contributed by atoms with Crippen LogP contribution in [0.15, 0.2) is 0 Å². The van der Waals surface area contributed by atoms with Crippen molar-refractivity contribution in [3.8, 4) is 0 Å². The molecule has 0 aromatic heterocycles. The Balaban J connectivity index is 1.87. The van der Waals surface area contributed by atoms with Crippen molar-refractivity contribution in [3.05, 3.63) is 0 Å². The van der Waals surface area contributed by atoms with Gasteiger partial charge in [-0.3, -0.25) is 0 Å². The molecule has 0 aromatic rings. The normalized spacial score (nSPS) is 23.6. The Morgan fingerprint density at radius 3 is 2.17 bits per heavy atom. The van der Waals surface area contributed by atoms with Crippen LogP contribution in [0.5, 0.6) is 0 Å². The number of carboxylic acid groups (broad SMARTS) is 1. The van der Waals surface area contributed by atoms with Gasteiger partial charge in [0.05, 0.1) is 0 Å². The molecule has 2 aliphatic carbocycles. The fraction of sp³-hybridized carbons (Fsp3) is 0.846. The highest BCUT2D eigenvalue weighted by Crippen LogP contribution is 2.29. The quantitative estimate of drug-likeness (QED) is 0.721. The summed E-state index contributed by atoms with van der Waals surface area (Å²) in [6.45, 7) is 0. The Morgan fingerprint density at radius 1 is 1.00 bits per heavy atom. The van der Waals surface area contributed by atoms with Gasteiger partial charge in [0.1, 0.15) is 5.54 Å². The Kier molecular flexibility index (Phi) is 4.09. The highest BCUT2D eigenvalue weighted by Gasteiger charge is 2.42. The zero-order chi connectivity index (χ0) is 13.0. The van der Waals surface area contributed by atoms with E-state index >= 15 is 0 Å². The van der Waals surface area contributed by atoms with E-state index in [0.717, 1.165) is 38.5 Å². The molecule has 0 saturated heterocycles. The first-order chi connectivity index (χ1) is 8.62. The first-order valence-corrected chi connectivity index (χ1v) is 6.94. The molecule has 2 saturated carbocycles. The van der Waals surface area contributed by atoms with Crippen LogP contribution in [0.2, 0.25) is 0 Å². The van der Waals surface area contributed by atoms with Crippen LogP contribution < -0.4 is 10.6 Å². The van der Waals surface area contributed by atoms with Gasteiger partial charge >= 0.3 is 12.0 Å². The van der Waals surface area contributed by atoms with Gasteiger partial charge in [-0.1, -0.05) is 32.1 Å². The molecule has 5 nitrogen and oxygen atoms in total. The third-order valence-electron chi connectivity index (χ3n) is 4.16. The predicted octanol–water partition coefficient (Wildman–Crippen LogP) is 2.02. The zero-order valence-corrected chi connectivity index (χ0v) is 10.7. The van der Waals surface area contributed by atoms with E-state index in [1.54, 1.807) is 0 Å². The molecule has 0 radical (unpaired) electrons. The minimum atomic E-state index is -1.03. The highest BCUT2D eigenvalue weighted by atomic mass is 16.4. The van der Waals surface area contributed by atoms with Crippen molar-refractivity contribution in [2.45, 2.75) is 69.4 Å². The van der Waals surface area contributed by atoms with Gasteiger partial charge in [0.2, 0.25) is 0 Å². The van der Waals surface area contributed by atoms with Crippen LogP contribution in [0.1, 0.15) is 57.8 Å². The lowest BCUT2D eigenvalue weighted by Gasteiger charge is -2.28. The molecule has 0 aromatic carbocycles. The first kappa shape index (κ1) is 13.2. The van der Waals surface area contributed by atoms with Crippen molar-refractivity contribution in [3.63, 3.8) is 0 Å². The second-order valence-corrected chi connectivity index (χ2v) is 5.53. The Labute approximate surface area is 107 Å². The van der Waals surface area contributed by atoms with Crippen LogP contribution in [0, 0.1) is 0 Å². The highest BCUT2D eigenvalue weighted by molar-refractivity contribution is 5.86. The number of carboxylic acids is 1. The largest absolute Gasteiger partial charge is 0.480 e. The molecule has 2 aliphatic rings. The molecule has 3 N–H and O–H groups in total. The van der Waals surface area contributed by atoms with Crippen LogP contribution in [0.25, 0.3) is 0 Å². The molecular weight excluding hydrogens is 232 g/mol. The molecule has 0 heterocycles. The van der Waals surface area contributed by atoms with E-state index < -0.39 is 11.5 Å². The number of carbonyl (C=O) groups is 2. The van der Waals surface area contributed by atoms with Crippen molar-refractivity contribution >= 4 is 12.0 Å². The maximum absolute atomic E-state index is 11.9. The van der Waals surface area contributed by atoms with Gasteiger partial charge in [-0.25, -0.2) is 9.59 Å². The summed E-state index contributed by atoms with van der Waals surface area (Å²) >= 11 is 0. The molecule has 5 heteroatoms. The predicted molar refractivity (Wildman–Crippen MR) is 67.4 cm³/mol. The maximum Gasteiger partial charge on any atom is 0.329 e. The minimum absolute atomic E-state index is 0.214. The Morgan fingerprint density at radius 2 is 1.61 bits per heavy atom. The van der Waals surface area contributed by atoms with E-state index in [-0.39, 0.29) is 12.1 Å². The summed E-state index contributed by atoms with van der Waals surface area (Å²) in [7, 11) is 0. The summed E-state index contributed by atoms with van der Waals surface area (Å²) in [5.74, 6) is -0.904. The average molecular weight is 254 g/mol.